The maximum atomic E-state index is 4.28. The van der Waals surface area contributed by atoms with Crippen molar-refractivity contribution in [3.63, 3.8) is 0 Å². The fourth-order valence-corrected chi connectivity index (χ4v) is 2.22. The van der Waals surface area contributed by atoms with Crippen LogP contribution in [0.3, 0.4) is 0 Å². The molecule has 0 radical (unpaired) electrons. The van der Waals surface area contributed by atoms with Crippen LogP contribution in [0.4, 0.5) is 5.82 Å². The highest BCUT2D eigenvalue weighted by molar-refractivity contribution is 7.16. The van der Waals surface area contributed by atoms with Gasteiger partial charge in [-0.15, -0.1) is 11.3 Å². The Hall–Kier alpha value is -1.16. The van der Waals surface area contributed by atoms with Crippen LogP contribution in [0.1, 0.15) is 27.2 Å². The predicted octanol–water partition coefficient (Wildman–Crippen LogP) is 3.54. The van der Waals surface area contributed by atoms with Crippen LogP contribution in [0, 0.1) is 5.41 Å². The lowest BCUT2D eigenvalue weighted by atomic mass is 9.92. The highest BCUT2D eigenvalue weighted by Crippen LogP contribution is 2.24. The third-order valence-electron chi connectivity index (χ3n) is 2.43. The first-order chi connectivity index (χ1) is 7.56. The predicted molar refractivity (Wildman–Crippen MR) is 70.0 cm³/mol. The van der Waals surface area contributed by atoms with E-state index in [4.69, 9.17) is 0 Å². The molecule has 0 amide bonds. The van der Waals surface area contributed by atoms with Gasteiger partial charge in [0.1, 0.15) is 17.0 Å². The summed E-state index contributed by atoms with van der Waals surface area (Å²) >= 11 is 1.65. The molecule has 0 aromatic carbocycles. The number of rotatable bonds is 3. The van der Waals surface area contributed by atoms with Gasteiger partial charge in [0.2, 0.25) is 0 Å². The van der Waals surface area contributed by atoms with Gasteiger partial charge >= 0.3 is 0 Å². The molecule has 0 spiro atoms. The minimum absolute atomic E-state index is 0.355. The molecule has 3 nitrogen and oxygen atoms in total. The van der Waals surface area contributed by atoms with Crippen molar-refractivity contribution in [2.24, 2.45) is 5.41 Å². The number of nitrogens with one attached hydrogen (secondary N) is 1. The van der Waals surface area contributed by atoms with E-state index in [1.54, 1.807) is 17.7 Å². The molecule has 0 bridgehead atoms. The minimum atomic E-state index is 0.355. The van der Waals surface area contributed by atoms with Crippen molar-refractivity contribution < 1.29 is 0 Å². The van der Waals surface area contributed by atoms with Gasteiger partial charge in [-0.2, -0.15) is 0 Å². The Balaban J connectivity index is 2.07. The summed E-state index contributed by atoms with van der Waals surface area (Å²) in [6.07, 6.45) is 2.75. The molecule has 2 aromatic heterocycles. The molecule has 1 N–H and O–H groups in total. The summed E-state index contributed by atoms with van der Waals surface area (Å²) in [4.78, 5) is 9.56. The van der Waals surface area contributed by atoms with E-state index in [0.717, 1.165) is 29.0 Å². The number of aromatic nitrogens is 2. The Kier molecular flexibility index (Phi) is 3.10. The lowest BCUT2D eigenvalue weighted by Gasteiger charge is -2.18. The smallest absolute Gasteiger partial charge is 0.138 e. The van der Waals surface area contributed by atoms with Crippen molar-refractivity contribution in [1.29, 1.82) is 0 Å². The quantitative estimate of drug-likeness (QED) is 0.884. The van der Waals surface area contributed by atoms with Crippen molar-refractivity contribution in [2.45, 2.75) is 27.2 Å². The largest absolute Gasteiger partial charge is 0.369 e. The van der Waals surface area contributed by atoms with E-state index in [0.29, 0.717) is 5.41 Å². The van der Waals surface area contributed by atoms with Crippen molar-refractivity contribution >= 4 is 27.4 Å². The minimum Gasteiger partial charge on any atom is -0.369 e. The van der Waals surface area contributed by atoms with Gasteiger partial charge in [0.15, 0.2) is 0 Å². The Morgan fingerprint density at radius 3 is 2.88 bits per heavy atom. The van der Waals surface area contributed by atoms with E-state index < -0.39 is 0 Å². The highest BCUT2D eigenvalue weighted by atomic mass is 32.1. The Morgan fingerprint density at radius 2 is 2.12 bits per heavy atom. The van der Waals surface area contributed by atoms with Crippen molar-refractivity contribution in [1.82, 2.24) is 9.97 Å². The average molecular weight is 235 g/mol. The summed E-state index contributed by atoms with van der Waals surface area (Å²) in [6, 6.07) is 2.07. The zero-order valence-corrected chi connectivity index (χ0v) is 10.8. The summed E-state index contributed by atoms with van der Waals surface area (Å²) in [7, 11) is 0. The summed E-state index contributed by atoms with van der Waals surface area (Å²) < 4.78 is 0. The summed E-state index contributed by atoms with van der Waals surface area (Å²) in [5.74, 6) is 0.954. The maximum Gasteiger partial charge on any atom is 0.138 e. The molecule has 2 rings (SSSR count). The number of thiophene rings is 1. The molecule has 0 aliphatic rings. The van der Waals surface area contributed by atoms with Gasteiger partial charge in [0.25, 0.3) is 0 Å². The topological polar surface area (TPSA) is 37.8 Å². The highest BCUT2D eigenvalue weighted by Gasteiger charge is 2.10. The standard InChI is InChI=1S/C12H17N3S/c1-12(2,3)5-6-13-10-9-4-7-16-11(9)15-8-14-10/h4,7-8H,5-6H2,1-3H3,(H,13,14,15). The van der Waals surface area contributed by atoms with Crippen molar-refractivity contribution in [3.8, 4) is 0 Å². The van der Waals surface area contributed by atoms with E-state index in [-0.39, 0.29) is 0 Å². The van der Waals surface area contributed by atoms with E-state index in [1.165, 1.54) is 0 Å². The van der Waals surface area contributed by atoms with Crippen LogP contribution < -0.4 is 5.32 Å². The molecule has 0 unspecified atom stereocenters. The first kappa shape index (κ1) is 11.3. The molecule has 86 valence electrons. The second-order valence-corrected chi connectivity index (χ2v) is 5.99. The van der Waals surface area contributed by atoms with E-state index >= 15 is 0 Å². The molecule has 0 aliphatic carbocycles. The Bertz CT molecular complexity index is 470. The third-order valence-corrected chi connectivity index (χ3v) is 3.25. The van der Waals surface area contributed by atoms with Crippen molar-refractivity contribution in [2.75, 3.05) is 11.9 Å². The van der Waals surface area contributed by atoms with Crippen LogP contribution in [0.2, 0.25) is 0 Å². The monoisotopic (exact) mass is 235 g/mol. The molecule has 0 aliphatic heterocycles. The Labute approximate surface area is 99.9 Å². The van der Waals surface area contributed by atoms with Crippen LogP contribution in [-0.4, -0.2) is 16.5 Å². The van der Waals surface area contributed by atoms with Gasteiger partial charge in [-0.3, -0.25) is 0 Å². The molecule has 0 fully saturated rings. The number of anilines is 1. The van der Waals surface area contributed by atoms with Gasteiger partial charge in [-0.1, -0.05) is 20.8 Å². The molecule has 2 heterocycles. The molecule has 0 saturated heterocycles. The summed E-state index contributed by atoms with van der Waals surface area (Å²) in [5, 5.41) is 6.56. The van der Waals surface area contributed by atoms with Crippen LogP contribution >= 0.6 is 11.3 Å². The van der Waals surface area contributed by atoms with Crippen molar-refractivity contribution in [3.05, 3.63) is 17.8 Å². The Morgan fingerprint density at radius 1 is 1.31 bits per heavy atom. The third kappa shape index (κ3) is 2.70. The zero-order valence-electron chi connectivity index (χ0n) is 9.95. The van der Waals surface area contributed by atoms with Gasteiger partial charge in [0, 0.05) is 6.54 Å². The molecule has 4 heteroatoms. The fraction of sp³-hybridized carbons (Fsp3) is 0.500. The van der Waals surface area contributed by atoms with Crippen LogP contribution in [-0.2, 0) is 0 Å². The van der Waals surface area contributed by atoms with Gasteiger partial charge in [0.05, 0.1) is 5.39 Å². The first-order valence-corrected chi connectivity index (χ1v) is 6.36. The number of hydrogen-bond acceptors (Lipinski definition) is 4. The number of nitrogens with zero attached hydrogens (tertiary/aromatic N) is 2. The average Bonchev–Trinajstić information content (AvgIpc) is 2.64. The SMILES string of the molecule is CC(C)(C)CCNc1ncnc2sccc12. The van der Waals surface area contributed by atoms with Crippen LogP contribution in [0.15, 0.2) is 17.8 Å². The molecular formula is C12H17N3S. The van der Waals surface area contributed by atoms with Gasteiger partial charge < -0.3 is 5.32 Å². The number of hydrogen-bond donors (Lipinski definition) is 1. The van der Waals surface area contributed by atoms with Gasteiger partial charge in [-0.05, 0) is 23.3 Å². The number of fused-ring (bicyclic) bond motifs is 1. The molecular weight excluding hydrogens is 218 g/mol. The normalized spacial score (nSPS) is 11.9. The molecule has 16 heavy (non-hydrogen) atoms. The van der Waals surface area contributed by atoms with E-state index in [1.807, 2.05) is 5.38 Å². The summed E-state index contributed by atoms with van der Waals surface area (Å²) in [5.41, 5.74) is 0.355. The maximum absolute atomic E-state index is 4.28. The molecule has 0 atom stereocenters. The lowest BCUT2D eigenvalue weighted by molar-refractivity contribution is 0.389. The first-order valence-electron chi connectivity index (χ1n) is 5.48. The second-order valence-electron chi connectivity index (χ2n) is 5.10. The zero-order chi connectivity index (χ0) is 11.6. The van der Waals surface area contributed by atoms with Crippen LogP contribution in [0.25, 0.3) is 10.2 Å². The van der Waals surface area contributed by atoms with E-state index in [2.05, 4.69) is 42.1 Å². The summed E-state index contributed by atoms with van der Waals surface area (Å²) in [6.45, 7) is 7.68. The van der Waals surface area contributed by atoms with E-state index in [9.17, 15) is 0 Å². The van der Waals surface area contributed by atoms with Gasteiger partial charge in [-0.25, -0.2) is 9.97 Å². The van der Waals surface area contributed by atoms with Crippen LogP contribution in [0.5, 0.6) is 0 Å². The fourth-order valence-electron chi connectivity index (χ4n) is 1.49. The second kappa shape index (κ2) is 4.37. The molecule has 2 aromatic rings. The lowest BCUT2D eigenvalue weighted by Crippen LogP contribution is -2.13. The molecule has 0 saturated carbocycles.